The van der Waals surface area contributed by atoms with Gasteiger partial charge in [-0.1, -0.05) is 11.8 Å². The maximum absolute atomic E-state index is 11.1. The maximum atomic E-state index is 11.1. The number of hydrogen-bond acceptors (Lipinski definition) is 4. The summed E-state index contributed by atoms with van der Waals surface area (Å²) >= 11 is 1.37. The van der Waals surface area contributed by atoms with Crippen molar-refractivity contribution >= 4 is 28.7 Å². The summed E-state index contributed by atoms with van der Waals surface area (Å²) in [5, 5.41) is 3.30. The van der Waals surface area contributed by atoms with E-state index >= 15 is 0 Å². The van der Waals surface area contributed by atoms with Gasteiger partial charge in [0.25, 0.3) is 0 Å². The number of aromatic nitrogens is 2. The fourth-order valence-corrected chi connectivity index (χ4v) is 2.12. The number of amides is 1. The number of imidazole rings is 1. The van der Waals surface area contributed by atoms with E-state index in [-0.39, 0.29) is 5.91 Å². The first-order valence-corrected chi connectivity index (χ1v) is 6.08. The van der Waals surface area contributed by atoms with Crippen LogP contribution >= 0.6 is 11.8 Å². The number of carbonyl (C=O) groups is 1. The molecule has 0 saturated heterocycles. The molecule has 6 heteroatoms. The molecule has 90 valence electrons. The summed E-state index contributed by atoms with van der Waals surface area (Å²) in [4.78, 5) is 18.6. The molecule has 0 bridgehead atoms. The number of ether oxygens (including phenoxy) is 1. The minimum absolute atomic E-state index is 0.0203. The predicted molar refractivity (Wildman–Crippen MR) is 67.4 cm³/mol. The normalized spacial score (nSPS) is 10.5. The number of nitrogens with zero attached hydrogens (tertiary/aromatic N) is 1. The first-order chi connectivity index (χ1) is 8.22. The molecular weight excluding hydrogens is 238 g/mol. The van der Waals surface area contributed by atoms with Crippen molar-refractivity contribution in [1.82, 2.24) is 15.3 Å². The van der Waals surface area contributed by atoms with Crippen molar-refractivity contribution in [2.45, 2.75) is 5.16 Å². The highest BCUT2D eigenvalue weighted by molar-refractivity contribution is 7.99. The van der Waals surface area contributed by atoms with Crippen LogP contribution < -0.4 is 10.1 Å². The van der Waals surface area contributed by atoms with Crippen molar-refractivity contribution in [2.24, 2.45) is 0 Å². The first-order valence-electron chi connectivity index (χ1n) is 5.10. The van der Waals surface area contributed by atoms with Crippen LogP contribution in [-0.2, 0) is 4.79 Å². The van der Waals surface area contributed by atoms with E-state index in [9.17, 15) is 4.79 Å². The summed E-state index contributed by atoms with van der Waals surface area (Å²) in [6.07, 6.45) is 0. The molecule has 0 fully saturated rings. The molecule has 1 aromatic heterocycles. The molecule has 0 radical (unpaired) electrons. The molecule has 0 unspecified atom stereocenters. The number of nitrogens with one attached hydrogen (secondary N) is 2. The number of aromatic amines is 1. The van der Waals surface area contributed by atoms with Crippen LogP contribution in [0.1, 0.15) is 0 Å². The van der Waals surface area contributed by atoms with E-state index in [1.807, 2.05) is 18.2 Å². The highest BCUT2D eigenvalue weighted by Crippen LogP contribution is 2.22. The second-order valence-electron chi connectivity index (χ2n) is 3.39. The minimum Gasteiger partial charge on any atom is -0.497 e. The van der Waals surface area contributed by atoms with E-state index < -0.39 is 0 Å². The van der Waals surface area contributed by atoms with Gasteiger partial charge in [-0.3, -0.25) is 4.79 Å². The first kappa shape index (κ1) is 11.8. The quantitative estimate of drug-likeness (QED) is 0.806. The monoisotopic (exact) mass is 251 g/mol. The molecule has 1 heterocycles. The third kappa shape index (κ3) is 2.71. The van der Waals surface area contributed by atoms with Gasteiger partial charge in [-0.25, -0.2) is 4.98 Å². The minimum atomic E-state index is -0.0203. The summed E-state index contributed by atoms with van der Waals surface area (Å²) in [6, 6.07) is 5.62. The Labute approximate surface area is 103 Å². The molecule has 2 N–H and O–H groups in total. The Balaban J connectivity index is 2.17. The average molecular weight is 251 g/mol. The van der Waals surface area contributed by atoms with Gasteiger partial charge in [-0.15, -0.1) is 0 Å². The molecule has 0 aliphatic carbocycles. The Morgan fingerprint density at radius 1 is 1.59 bits per heavy atom. The molecular formula is C11H13N3O2S. The summed E-state index contributed by atoms with van der Waals surface area (Å²) in [7, 11) is 3.24. The molecule has 17 heavy (non-hydrogen) atoms. The van der Waals surface area contributed by atoms with Crippen molar-refractivity contribution in [2.75, 3.05) is 19.9 Å². The number of methoxy groups -OCH3 is 1. The highest BCUT2D eigenvalue weighted by Gasteiger charge is 2.06. The molecule has 0 spiro atoms. The van der Waals surface area contributed by atoms with Crippen molar-refractivity contribution in [1.29, 1.82) is 0 Å². The van der Waals surface area contributed by atoms with Crippen molar-refractivity contribution in [3.63, 3.8) is 0 Å². The van der Waals surface area contributed by atoms with Gasteiger partial charge in [0.05, 0.1) is 23.9 Å². The molecule has 2 aromatic rings. The second-order valence-corrected chi connectivity index (χ2v) is 4.35. The lowest BCUT2D eigenvalue weighted by atomic mass is 10.3. The Morgan fingerprint density at radius 2 is 2.41 bits per heavy atom. The zero-order chi connectivity index (χ0) is 12.3. The Kier molecular flexibility index (Phi) is 3.53. The van der Waals surface area contributed by atoms with Crippen LogP contribution in [0.3, 0.4) is 0 Å². The van der Waals surface area contributed by atoms with E-state index in [2.05, 4.69) is 15.3 Å². The smallest absolute Gasteiger partial charge is 0.230 e. The number of benzene rings is 1. The van der Waals surface area contributed by atoms with Gasteiger partial charge in [-0.2, -0.15) is 0 Å². The number of thioether (sulfide) groups is 1. The zero-order valence-electron chi connectivity index (χ0n) is 9.61. The Morgan fingerprint density at radius 3 is 3.12 bits per heavy atom. The molecule has 2 rings (SSSR count). The van der Waals surface area contributed by atoms with Gasteiger partial charge in [0.15, 0.2) is 5.16 Å². The summed E-state index contributed by atoms with van der Waals surface area (Å²) in [6.45, 7) is 0. The van der Waals surface area contributed by atoms with Gasteiger partial charge in [0, 0.05) is 13.1 Å². The molecule has 1 aromatic carbocycles. The topological polar surface area (TPSA) is 67.0 Å². The van der Waals surface area contributed by atoms with Gasteiger partial charge in [0.1, 0.15) is 5.75 Å². The van der Waals surface area contributed by atoms with Gasteiger partial charge < -0.3 is 15.0 Å². The number of fused-ring (bicyclic) bond motifs is 1. The molecule has 0 saturated carbocycles. The largest absolute Gasteiger partial charge is 0.497 e. The van der Waals surface area contributed by atoms with Crippen molar-refractivity contribution < 1.29 is 9.53 Å². The fourth-order valence-electron chi connectivity index (χ4n) is 1.37. The van der Waals surface area contributed by atoms with Crippen molar-refractivity contribution in [3.8, 4) is 5.75 Å². The Bertz CT molecular complexity index is 538. The number of rotatable bonds is 4. The van der Waals surface area contributed by atoms with Crippen molar-refractivity contribution in [3.05, 3.63) is 18.2 Å². The van der Waals surface area contributed by atoms with Gasteiger partial charge in [0.2, 0.25) is 5.91 Å². The predicted octanol–water partition coefficient (Wildman–Crippen LogP) is 1.41. The third-order valence-electron chi connectivity index (χ3n) is 2.29. The Hall–Kier alpha value is -1.69. The van der Waals surface area contributed by atoms with E-state index in [0.717, 1.165) is 21.9 Å². The number of carbonyl (C=O) groups excluding carboxylic acids is 1. The third-order valence-corrected chi connectivity index (χ3v) is 3.16. The zero-order valence-corrected chi connectivity index (χ0v) is 10.4. The van der Waals surface area contributed by atoms with Gasteiger partial charge in [-0.05, 0) is 12.1 Å². The summed E-state index contributed by atoms with van der Waals surface area (Å²) in [5.74, 6) is 1.12. The van der Waals surface area contributed by atoms with Gasteiger partial charge >= 0.3 is 0 Å². The standard InChI is InChI=1S/C11H13N3O2S/c1-12-10(15)6-17-11-13-8-4-3-7(16-2)5-9(8)14-11/h3-5H,6H2,1-2H3,(H,12,15)(H,13,14). The van der Waals surface area contributed by atoms with Crippen LogP contribution in [0, 0.1) is 0 Å². The van der Waals surface area contributed by atoms with E-state index in [1.54, 1.807) is 14.2 Å². The van der Waals surface area contributed by atoms with E-state index in [4.69, 9.17) is 4.74 Å². The lowest BCUT2D eigenvalue weighted by Crippen LogP contribution is -2.19. The van der Waals surface area contributed by atoms with Crippen LogP contribution in [0.2, 0.25) is 0 Å². The number of hydrogen-bond donors (Lipinski definition) is 2. The lowest BCUT2D eigenvalue weighted by molar-refractivity contribution is -0.118. The van der Waals surface area contributed by atoms with Crippen LogP contribution in [-0.4, -0.2) is 35.8 Å². The molecule has 1 amide bonds. The molecule has 5 nitrogen and oxygen atoms in total. The van der Waals surface area contributed by atoms with E-state index in [0.29, 0.717) is 5.75 Å². The molecule has 0 atom stereocenters. The van der Waals surface area contributed by atoms with E-state index in [1.165, 1.54) is 11.8 Å². The maximum Gasteiger partial charge on any atom is 0.230 e. The fraction of sp³-hybridized carbons (Fsp3) is 0.273. The lowest BCUT2D eigenvalue weighted by Gasteiger charge is -1.96. The van der Waals surface area contributed by atoms with Crippen LogP contribution in [0.15, 0.2) is 23.4 Å². The summed E-state index contributed by atoms with van der Waals surface area (Å²) < 4.78 is 5.13. The van der Waals surface area contributed by atoms with Crippen LogP contribution in [0.25, 0.3) is 11.0 Å². The molecule has 0 aliphatic rings. The van der Waals surface area contributed by atoms with Crippen LogP contribution in [0.5, 0.6) is 5.75 Å². The second kappa shape index (κ2) is 5.09. The molecule has 0 aliphatic heterocycles. The van der Waals surface area contributed by atoms with Crippen LogP contribution in [0.4, 0.5) is 0 Å². The summed E-state index contributed by atoms with van der Waals surface area (Å²) in [5.41, 5.74) is 1.77. The number of H-pyrrole nitrogens is 1. The average Bonchev–Trinajstić information content (AvgIpc) is 2.77. The SMILES string of the molecule is CNC(=O)CSc1nc2ccc(OC)cc2[nH]1. The highest BCUT2D eigenvalue weighted by atomic mass is 32.2.